The highest BCUT2D eigenvalue weighted by Crippen LogP contribution is 2.43. The van der Waals surface area contributed by atoms with E-state index < -0.39 is 18.0 Å². The summed E-state index contributed by atoms with van der Waals surface area (Å²) in [7, 11) is 0. The molecule has 0 unspecified atom stereocenters. The summed E-state index contributed by atoms with van der Waals surface area (Å²) in [6.45, 7) is -0.209. The van der Waals surface area contributed by atoms with Crippen molar-refractivity contribution in [3.63, 3.8) is 0 Å². The van der Waals surface area contributed by atoms with Gasteiger partial charge in [-0.3, -0.25) is 24.4 Å². The van der Waals surface area contributed by atoms with Crippen molar-refractivity contribution in [2.45, 2.75) is 37.9 Å². The number of anilines is 3. The third-order valence-corrected chi connectivity index (χ3v) is 7.59. The number of carbonyl (C=O) groups excluding carboxylic acids is 4. The molecule has 1 saturated heterocycles. The highest BCUT2D eigenvalue weighted by atomic mass is 35.5. The number of primary amides is 1. The molecule has 4 aromatic rings. The second kappa shape index (κ2) is 10.5. The van der Waals surface area contributed by atoms with E-state index in [0.29, 0.717) is 28.2 Å². The Morgan fingerprint density at radius 2 is 1.95 bits per heavy atom. The van der Waals surface area contributed by atoms with E-state index in [-0.39, 0.29) is 41.2 Å². The first kappa shape index (κ1) is 26.3. The molecule has 1 aliphatic heterocycles. The summed E-state index contributed by atoms with van der Waals surface area (Å²) in [4.78, 5) is 63.9. The van der Waals surface area contributed by atoms with Crippen LogP contribution in [-0.4, -0.2) is 65.5 Å². The van der Waals surface area contributed by atoms with Crippen LogP contribution in [-0.2, 0) is 16.1 Å². The average Bonchev–Trinajstić information content (AvgIpc) is 3.73. The number of fused-ring (bicyclic) bond motifs is 3. The van der Waals surface area contributed by atoms with Crippen molar-refractivity contribution in [2.75, 3.05) is 16.0 Å². The average molecular weight is 577 g/mol. The SMILES string of the molecule is NC(=O)c1nn(CC(=O)N2[C@@H]3CC[C@@H](C3)[C@H]2C(=O)Nc2cccc(Cl)n2)c2ccc(NC(=O)Nc3cnc[nH]3)cc12. The lowest BCUT2D eigenvalue weighted by Crippen LogP contribution is -2.52. The van der Waals surface area contributed by atoms with Gasteiger partial charge < -0.3 is 26.3 Å². The molecule has 3 atom stereocenters. The smallest absolute Gasteiger partial charge is 0.324 e. The van der Waals surface area contributed by atoms with E-state index in [2.05, 4.69) is 36.0 Å². The van der Waals surface area contributed by atoms with Gasteiger partial charge in [-0.05, 0) is 55.5 Å². The summed E-state index contributed by atoms with van der Waals surface area (Å²) in [5.74, 6) is -0.679. The van der Waals surface area contributed by atoms with Gasteiger partial charge in [0.1, 0.15) is 29.4 Å². The van der Waals surface area contributed by atoms with Crippen LogP contribution in [0.2, 0.25) is 5.15 Å². The Bertz CT molecular complexity index is 1670. The summed E-state index contributed by atoms with van der Waals surface area (Å²) >= 11 is 5.96. The quantitative estimate of drug-likeness (QED) is 0.208. The van der Waals surface area contributed by atoms with Gasteiger partial charge >= 0.3 is 6.03 Å². The van der Waals surface area contributed by atoms with Gasteiger partial charge in [-0.25, -0.2) is 14.8 Å². The lowest BCUT2D eigenvalue weighted by atomic mass is 9.97. The number of imidazole rings is 1. The number of hydrogen-bond acceptors (Lipinski definition) is 7. The Kier molecular flexibility index (Phi) is 6.75. The normalized spacial score (nSPS) is 19.3. The molecule has 5 amide bonds. The number of amides is 5. The predicted molar refractivity (Wildman–Crippen MR) is 149 cm³/mol. The number of aromatic amines is 1. The number of rotatable bonds is 7. The molecular formula is C26H25ClN10O4. The van der Waals surface area contributed by atoms with Crippen LogP contribution in [0.25, 0.3) is 10.9 Å². The van der Waals surface area contributed by atoms with Crippen molar-refractivity contribution in [3.8, 4) is 0 Å². The number of urea groups is 1. The minimum atomic E-state index is -0.785. The molecule has 6 rings (SSSR count). The number of carbonyl (C=O) groups is 4. The van der Waals surface area contributed by atoms with Crippen LogP contribution >= 0.6 is 11.6 Å². The van der Waals surface area contributed by atoms with Crippen LogP contribution in [0, 0.1) is 5.92 Å². The fraction of sp³-hybridized carbons (Fsp3) is 0.269. The van der Waals surface area contributed by atoms with Crippen molar-refractivity contribution in [3.05, 3.63) is 59.8 Å². The van der Waals surface area contributed by atoms with Gasteiger partial charge in [0.2, 0.25) is 11.8 Å². The lowest BCUT2D eigenvalue weighted by molar-refractivity contribution is -0.141. The van der Waals surface area contributed by atoms with Crippen LogP contribution < -0.4 is 21.7 Å². The van der Waals surface area contributed by atoms with Gasteiger partial charge in [-0.2, -0.15) is 5.10 Å². The number of aromatic nitrogens is 5. The Labute approximate surface area is 237 Å². The molecule has 1 aromatic carbocycles. The lowest BCUT2D eigenvalue weighted by Gasteiger charge is -2.34. The van der Waals surface area contributed by atoms with Gasteiger partial charge in [0.25, 0.3) is 5.91 Å². The van der Waals surface area contributed by atoms with E-state index in [9.17, 15) is 19.2 Å². The molecule has 0 radical (unpaired) electrons. The summed E-state index contributed by atoms with van der Waals surface area (Å²) in [6, 6.07) is 8.47. The molecule has 14 nitrogen and oxygen atoms in total. The molecule has 0 spiro atoms. The van der Waals surface area contributed by atoms with E-state index in [4.69, 9.17) is 17.3 Å². The zero-order valence-electron chi connectivity index (χ0n) is 21.5. The van der Waals surface area contributed by atoms with E-state index in [1.165, 1.54) is 17.2 Å². The van der Waals surface area contributed by atoms with E-state index in [0.717, 1.165) is 19.3 Å². The van der Waals surface area contributed by atoms with Crippen LogP contribution in [0.15, 0.2) is 48.9 Å². The van der Waals surface area contributed by atoms with Crippen molar-refractivity contribution >= 4 is 63.6 Å². The standard InChI is InChI=1S/C26H25ClN10O4/c27-18-2-1-3-19(32-18)33-25(40)23-13-4-6-15(8-13)37(23)21(38)11-36-17-7-5-14(9-16(17)22(35-36)24(28)39)31-26(41)34-20-10-29-12-30-20/h1-3,5,7,9-10,12-13,15,23H,4,6,8,11H2,(H2,28,39)(H,29,30)(H2,31,34,41)(H,32,33,40)/t13-,15+,23-/m0/s1. The molecule has 15 heteroatoms. The maximum atomic E-state index is 13.7. The molecule has 210 valence electrons. The molecule has 1 saturated carbocycles. The van der Waals surface area contributed by atoms with Gasteiger partial charge in [-0.1, -0.05) is 17.7 Å². The Morgan fingerprint density at radius 1 is 1.10 bits per heavy atom. The largest absolute Gasteiger partial charge is 0.364 e. The number of likely N-dealkylation sites (tertiary alicyclic amines) is 1. The fourth-order valence-electron chi connectivity index (χ4n) is 5.74. The molecule has 2 bridgehead atoms. The predicted octanol–water partition coefficient (Wildman–Crippen LogP) is 2.57. The number of pyridine rings is 1. The maximum Gasteiger partial charge on any atom is 0.324 e. The van der Waals surface area contributed by atoms with Gasteiger partial charge in [0.05, 0.1) is 18.0 Å². The zero-order valence-corrected chi connectivity index (χ0v) is 22.3. The minimum Gasteiger partial charge on any atom is -0.364 e. The Hall–Kier alpha value is -4.98. The number of piperidine rings is 1. The third kappa shape index (κ3) is 5.16. The van der Waals surface area contributed by atoms with E-state index in [1.54, 1.807) is 41.3 Å². The number of halogens is 1. The summed E-state index contributed by atoms with van der Waals surface area (Å²) in [6.07, 6.45) is 5.25. The maximum absolute atomic E-state index is 13.7. The van der Waals surface area contributed by atoms with Crippen LogP contribution in [0.1, 0.15) is 29.8 Å². The number of H-pyrrole nitrogens is 1. The monoisotopic (exact) mass is 576 g/mol. The number of nitrogens with one attached hydrogen (secondary N) is 4. The molecule has 2 aliphatic rings. The number of benzene rings is 1. The zero-order chi connectivity index (χ0) is 28.7. The minimum absolute atomic E-state index is 0.0280. The van der Waals surface area contributed by atoms with Crippen LogP contribution in [0.5, 0.6) is 0 Å². The highest BCUT2D eigenvalue weighted by Gasteiger charge is 2.51. The first-order chi connectivity index (χ1) is 19.8. The molecule has 41 heavy (non-hydrogen) atoms. The summed E-state index contributed by atoms with van der Waals surface area (Å²) < 4.78 is 1.39. The second-order valence-electron chi connectivity index (χ2n) is 9.95. The Morgan fingerprint density at radius 3 is 2.71 bits per heavy atom. The van der Waals surface area contributed by atoms with Crippen molar-refractivity contribution in [2.24, 2.45) is 11.7 Å². The number of nitrogens with two attached hydrogens (primary N) is 1. The first-order valence-corrected chi connectivity index (χ1v) is 13.3. The van der Waals surface area contributed by atoms with Gasteiger partial charge in [-0.15, -0.1) is 0 Å². The molecule has 2 fully saturated rings. The highest BCUT2D eigenvalue weighted by molar-refractivity contribution is 6.29. The second-order valence-corrected chi connectivity index (χ2v) is 10.3. The van der Waals surface area contributed by atoms with Crippen molar-refractivity contribution in [1.82, 2.24) is 29.6 Å². The van der Waals surface area contributed by atoms with Gasteiger partial charge in [0.15, 0.2) is 5.69 Å². The van der Waals surface area contributed by atoms with E-state index >= 15 is 0 Å². The summed E-state index contributed by atoms with van der Waals surface area (Å²) in [5.41, 5.74) is 6.40. The number of hydrogen-bond donors (Lipinski definition) is 5. The van der Waals surface area contributed by atoms with Crippen molar-refractivity contribution < 1.29 is 19.2 Å². The van der Waals surface area contributed by atoms with Crippen molar-refractivity contribution in [1.29, 1.82) is 0 Å². The van der Waals surface area contributed by atoms with E-state index in [1.807, 2.05) is 0 Å². The van der Waals surface area contributed by atoms with Crippen LogP contribution in [0.4, 0.5) is 22.1 Å². The third-order valence-electron chi connectivity index (χ3n) is 7.38. The molecular weight excluding hydrogens is 552 g/mol. The molecule has 6 N–H and O–H groups in total. The van der Waals surface area contributed by atoms with Gasteiger partial charge in [0, 0.05) is 17.1 Å². The molecule has 3 aromatic heterocycles. The molecule has 4 heterocycles. The Balaban J connectivity index is 1.22. The first-order valence-electron chi connectivity index (χ1n) is 12.9. The summed E-state index contributed by atoms with van der Waals surface area (Å²) in [5, 5.41) is 13.0. The molecule has 1 aliphatic carbocycles. The van der Waals surface area contributed by atoms with Crippen LogP contribution in [0.3, 0.4) is 0 Å². The number of nitrogens with zero attached hydrogens (tertiary/aromatic N) is 5. The fourth-order valence-corrected chi connectivity index (χ4v) is 5.90. The topological polar surface area (TPSA) is 193 Å².